The highest BCUT2D eigenvalue weighted by Crippen LogP contribution is 2.45. The molecular weight excluding hydrogens is 288 g/mol. The molecule has 2 unspecified atom stereocenters. The molecule has 122 valence electrons. The summed E-state index contributed by atoms with van der Waals surface area (Å²) in [5.41, 5.74) is 5.42. The minimum absolute atomic E-state index is 0.257. The third-order valence-electron chi connectivity index (χ3n) is 5.79. The van der Waals surface area contributed by atoms with E-state index in [1.54, 1.807) is 0 Å². The lowest BCUT2D eigenvalue weighted by molar-refractivity contribution is -0.144. The summed E-state index contributed by atoms with van der Waals surface area (Å²) in [6, 6.07) is 6.91. The molecule has 1 aliphatic heterocycles. The van der Waals surface area contributed by atoms with Crippen molar-refractivity contribution in [1.82, 2.24) is 9.88 Å². The highest BCUT2D eigenvalue weighted by atomic mass is 16.4. The summed E-state index contributed by atoms with van der Waals surface area (Å²) in [6.07, 6.45) is 4.03. The lowest BCUT2D eigenvalue weighted by Gasteiger charge is -2.44. The summed E-state index contributed by atoms with van der Waals surface area (Å²) < 4.78 is 0. The molecule has 3 atom stereocenters. The normalized spacial score (nSPS) is 27.1. The molecule has 0 bridgehead atoms. The van der Waals surface area contributed by atoms with Crippen LogP contribution in [0, 0.1) is 5.92 Å². The van der Waals surface area contributed by atoms with Crippen LogP contribution in [0.5, 0.6) is 0 Å². The number of piperidine rings is 1. The number of aromatic amines is 1. The number of benzene rings is 1. The number of carbonyl (C=O) groups is 1. The van der Waals surface area contributed by atoms with Crippen LogP contribution >= 0.6 is 0 Å². The maximum atomic E-state index is 11.5. The zero-order valence-corrected chi connectivity index (χ0v) is 13.8. The first kappa shape index (κ1) is 14.8. The van der Waals surface area contributed by atoms with Crippen LogP contribution in [0.2, 0.25) is 0 Å². The summed E-state index contributed by atoms with van der Waals surface area (Å²) in [5.74, 6) is -0.586. The van der Waals surface area contributed by atoms with Crippen LogP contribution in [0.3, 0.4) is 0 Å². The fourth-order valence-corrected chi connectivity index (χ4v) is 4.75. The number of fused-ring (bicyclic) bond motifs is 2. The Morgan fingerprint density at radius 3 is 3.00 bits per heavy atom. The third-order valence-corrected chi connectivity index (χ3v) is 5.79. The third kappa shape index (κ3) is 2.19. The summed E-state index contributed by atoms with van der Waals surface area (Å²) in [4.78, 5) is 17.4. The van der Waals surface area contributed by atoms with Gasteiger partial charge in [0.25, 0.3) is 0 Å². The van der Waals surface area contributed by atoms with Gasteiger partial charge in [-0.25, -0.2) is 0 Å². The molecular formula is C19H24N2O2. The van der Waals surface area contributed by atoms with Gasteiger partial charge in [-0.2, -0.15) is 0 Å². The molecule has 4 heteroatoms. The molecule has 1 saturated heterocycles. The number of rotatable bonds is 3. The second-order valence-corrected chi connectivity index (χ2v) is 7.19. The van der Waals surface area contributed by atoms with Crippen LogP contribution in [-0.4, -0.2) is 40.6 Å². The van der Waals surface area contributed by atoms with E-state index in [1.807, 2.05) is 0 Å². The molecule has 2 aliphatic rings. The number of carboxylic acids is 1. The van der Waals surface area contributed by atoms with E-state index in [0.717, 1.165) is 25.7 Å². The molecule has 23 heavy (non-hydrogen) atoms. The van der Waals surface area contributed by atoms with Crippen molar-refractivity contribution in [3.63, 3.8) is 0 Å². The molecule has 4 nitrogen and oxygen atoms in total. The zero-order chi connectivity index (χ0) is 16.1. The molecule has 1 fully saturated rings. The Morgan fingerprint density at radius 2 is 2.26 bits per heavy atom. The molecule has 1 aromatic carbocycles. The quantitative estimate of drug-likeness (QED) is 0.915. The molecule has 1 aromatic heterocycles. The van der Waals surface area contributed by atoms with Crippen molar-refractivity contribution in [2.45, 2.75) is 44.6 Å². The first-order valence-corrected chi connectivity index (χ1v) is 8.65. The molecule has 2 aromatic rings. The van der Waals surface area contributed by atoms with Crippen LogP contribution in [0.1, 0.15) is 42.5 Å². The Kier molecular flexibility index (Phi) is 3.45. The monoisotopic (exact) mass is 312 g/mol. The van der Waals surface area contributed by atoms with Crippen LogP contribution in [0.25, 0.3) is 10.9 Å². The van der Waals surface area contributed by atoms with E-state index in [1.165, 1.54) is 27.7 Å². The van der Waals surface area contributed by atoms with Gasteiger partial charge in [-0.3, -0.25) is 4.79 Å². The second-order valence-electron chi connectivity index (χ2n) is 7.19. The molecule has 4 rings (SSSR count). The Balaban J connectivity index is 1.85. The number of hydrogen-bond donors (Lipinski definition) is 2. The van der Waals surface area contributed by atoms with Gasteiger partial charge in [0, 0.05) is 35.1 Å². The van der Waals surface area contributed by atoms with Gasteiger partial charge in [0.15, 0.2) is 0 Å². The van der Waals surface area contributed by atoms with Gasteiger partial charge in [0.05, 0.1) is 5.92 Å². The molecule has 1 aliphatic carbocycles. The van der Waals surface area contributed by atoms with E-state index in [-0.39, 0.29) is 5.92 Å². The molecule has 2 N–H and O–H groups in total. The highest BCUT2D eigenvalue weighted by Gasteiger charge is 2.41. The number of nitrogens with zero attached hydrogens (tertiary/aromatic N) is 1. The topological polar surface area (TPSA) is 56.3 Å². The first-order valence-electron chi connectivity index (χ1n) is 8.65. The predicted octanol–water partition coefficient (Wildman–Crippen LogP) is 3.17. The van der Waals surface area contributed by atoms with Crippen LogP contribution in [0.4, 0.5) is 0 Å². The van der Waals surface area contributed by atoms with Gasteiger partial charge in [-0.1, -0.05) is 25.5 Å². The van der Waals surface area contributed by atoms with Crippen LogP contribution in [0.15, 0.2) is 18.2 Å². The van der Waals surface area contributed by atoms with Crippen molar-refractivity contribution in [1.29, 1.82) is 0 Å². The predicted molar refractivity (Wildman–Crippen MR) is 90.9 cm³/mol. The maximum absolute atomic E-state index is 11.5. The number of H-pyrrole nitrogens is 1. The van der Waals surface area contributed by atoms with Gasteiger partial charge in [0.2, 0.25) is 0 Å². The van der Waals surface area contributed by atoms with Gasteiger partial charge in [0.1, 0.15) is 0 Å². The van der Waals surface area contributed by atoms with Gasteiger partial charge >= 0.3 is 5.97 Å². The van der Waals surface area contributed by atoms with Crippen molar-refractivity contribution < 1.29 is 9.90 Å². The minimum atomic E-state index is -0.658. The van der Waals surface area contributed by atoms with Gasteiger partial charge in [-0.05, 0) is 43.5 Å². The fourth-order valence-electron chi connectivity index (χ4n) is 4.75. The largest absolute Gasteiger partial charge is 0.481 e. The zero-order valence-electron chi connectivity index (χ0n) is 13.8. The summed E-state index contributed by atoms with van der Waals surface area (Å²) in [5, 5.41) is 10.8. The molecule has 0 amide bonds. The van der Waals surface area contributed by atoms with Crippen molar-refractivity contribution in [3.05, 3.63) is 35.0 Å². The Bertz CT molecular complexity index is 764. The highest BCUT2D eigenvalue weighted by molar-refractivity contribution is 5.90. The van der Waals surface area contributed by atoms with E-state index in [4.69, 9.17) is 0 Å². The molecule has 0 radical (unpaired) electrons. The van der Waals surface area contributed by atoms with Gasteiger partial charge < -0.3 is 15.0 Å². The standard InChI is InChI=1S/C19H24N2O2/c1-3-5-15-14-9-17-13(8-11(19(22)23)10-21(17)2)12-6-4-7-16(20-15)18(12)14/h4,6-7,11,13,17,20H,3,5,8-10H2,1-2H3,(H,22,23)/t11?,13?,17-/m1/s1. The van der Waals surface area contributed by atoms with Crippen LogP contribution < -0.4 is 0 Å². The van der Waals surface area contributed by atoms with Crippen LogP contribution in [-0.2, 0) is 17.6 Å². The molecule has 0 saturated carbocycles. The Hall–Kier alpha value is -1.81. The summed E-state index contributed by atoms with van der Waals surface area (Å²) >= 11 is 0. The van der Waals surface area contributed by atoms with E-state index < -0.39 is 5.97 Å². The lowest BCUT2D eigenvalue weighted by atomic mass is 9.72. The van der Waals surface area contributed by atoms with Gasteiger partial charge in [-0.15, -0.1) is 0 Å². The first-order chi connectivity index (χ1) is 11.1. The minimum Gasteiger partial charge on any atom is -0.481 e. The van der Waals surface area contributed by atoms with Crippen molar-refractivity contribution in [2.24, 2.45) is 5.92 Å². The number of nitrogens with one attached hydrogen (secondary N) is 1. The molecule has 2 heterocycles. The smallest absolute Gasteiger partial charge is 0.307 e. The van der Waals surface area contributed by atoms with Crippen molar-refractivity contribution in [2.75, 3.05) is 13.6 Å². The van der Waals surface area contributed by atoms with Crippen molar-refractivity contribution in [3.8, 4) is 0 Å². The molecule has 0 spiro atoms. The fraction of sp³-hybridized carbons (Fsp3) is 0.526. The average molecular weight is 312 g/mol. The Labute approximate surface area is 136 Å². The number of aromatic nitrogens is 1. The number of hydrogen-bond acceptors (Lipinski definition) is 2. The Morgan fingerprint density at radius 1 is 1.43 bits per heavy atom. The number of likely N-dealkylation sites (tertiary alicyclic amines) is 1. The van der Waals surface area contributed by atoms with E-state index >= 15 is 0 Å². The number of aliphatic carboxylic acids is 1. The summed E-state index contributed by atoms with van der Waals surface area (Å²) in [7, 11) is 2.09. The number of carboxylic acid groups (broad SMARTS) is 1. The maximum Gasteiger partial charge on any atom is 0.307 e. The van der Waals surface area contributed by atoms with E-state index in [2.05, 4.69) is 42.1 Å². The summed E-state index contributed by atoms with van der Waals surface area (Å²) in [6.45, 7) is 2.88. The second kappa shape index (κ2) is 5.38. The van der Waals surface area contributed by atoms with Crippen molar-refractivity contribution >= 4 is 16.9 Å². The van der Waals surface area contributed by atoms with E-state index in [9.17, 15) is 9.90 Å². The SMILES string of the molecule is CCCc1[nH]c2cccc3c2c1C[C@@H]1C3CC(C(=O)O)CN1C. The average Bonchev–Trinajstić information content (AvgIpc) is 2.88. The lowest BCUT2D eigenvalue weighted by Crippen LogP contribution is -2.49. The number of aryl methyl sites for hydroxylation is 1. The van der Waals surface area contributed by atoms with E-state index in [0.29, 0.717) is 18.5 Å². The number of likely N-dealkylation sites (N-methyl/N-ethyl adjacent to an activating group) is 1.